The second-order valence-corrected chi connectivity index (χ2v) is 7.93. The van der Waals surface area contributed by atoms with Gasteiger partial charge in [0.1, 0.15) is 0 Å². The first-order valence-corrected chi connectivity index (χ1v) is 10.2. The maximum Gasteiger partial charge on any atom is 0.191 e. The number of aliphatic imine (C=N–C) groups is 1. The van der Waals surface area contributed by atoms with Gasteiger partial charge in [-0.05, 0) is 70.3 Å². The van der Waals surface area contributed by atoms with Crippen LogP contribution in [0.1, 0.15) is 46.0 Å². The van der Waals surface area contributed by atoms with Crippen molar-refractivity contribution in [3.05, 3.63) is 0 Å². The molecule has 0 saturated carbocycles. The van der Waals surface area contributed by atoms with Crippen LogP contribution in [0, 0.1) is 5.92 Å². The highest BCUT2D eigenvalue weighted by atomic mass is 127. The maximum absolute atomic E-state index is 4.84. The van der Waals surface area contributed by atoms with E-state index in [1.807, 2.05) is 0 Å². The van der Waals surface area contributed by atoms with Crippen LogP contribution in [0.15, 0.2) is 4.99 Å². The molecule has 0 aromatic carbocycles. The molecular weight excluding hydrogens is 419 g/mol. The highest BCUT2D eigenvalue weighted by molar-refractivity contribution is 14.0. The van der Waals surface area contributed by atoms with E-state index in [0.29, 0.717) is 0 Å². The van der Waals surface area contributed by atoms with Crippen LogP contribution in [0.3, 0.4) is 0 Å². The lowest BCUT2D eigenvalue weighted by atomic mass is 9.97. The molecule has 23 heavy (non-hydrogen) atoms. The zero-order chi connectivity index (χ0) is 15.6. The molecule has 2 heterocycles. The molecule has 136 valence electrons. The summed E-state index contributed by atoms with van der Waals surface area (Å²) >= 11 is 2.10. The van der Waals surface area contributed by atoms with Gasteiger partial charge in [-0.1, -0.05) is 6.92 Å². The van der Waals surface area contributed by atoms with E-state index in [-0.39, 0.29) is 24.0 Å². The molecule has 2 rings (SSSR count). The Morgan fingerprint density at radius 1 is 1.17 bits per heavy atom. The summed E-state index contributed by atoms with van der Waals surface area (Å²) in [6.45, 7) is 11.2. The minimum absolute atomic E-state index is 0. The molecule has 0 radical (unpaired) electrons. The molecule has 1 unspecified atom stereocenters. The van der Waals surface area contributed by atoms with E-state index in [4.69, 9.17) is 4.99 Å². The fourth-order valence-electron chi connectivity index (χ4n) is 3.29. The maximum atomic E-state index is 4.84. The summed E-state index contributed by atoms with van der Waals surface area (Å²) in [5, 5.41) is 7.71. The van der Waals surface area contributed by atoms with Gasteiger partial charge in [-0.25, -0.2) is 0 Å². The number of hydrogen-bond acceptors (Lipinski definition) is 3. The van der Waals surface area contributed by atoms with Crippen LogP contribution in [-0.4, -0.2) is 61.1 Å². The zero-order valence-corrected chi connectivity index (χ0v) is 18.0. The molecule has 0 bridgehead atoms. The Kier molecular flexibility index (Phi) is 11.7. The van der Waals surface area contributed by atoms with Crippen LogP contribution in [0.2, 0.25) is 0 Å². The van der Waals surface area contributed by atoms with Gasteiger partial charge in [0.15, 0.2) is 5.96 Å². The number of guanidine groups is 1. The van der Waals surface area contributed by atoms with E-state index >= 15 is 0 Å². The van der Waals surface area contributed by atoms with Gasteiger partial charge in [0, 0.05) is 24.9 Å². The molecule has 0 aromatic rings. The van der Waals surface area contributed by atoms with Gasteiger partial charge in [-0.3, -0.25) is 4.99 Å². The first-order chi connectivity index (χ1) is 10.8. The summed E-state index contributed by atoms with van der Waals surface area (Å²) in [4.78, 5) is 7.43. The second-order valence-electron chi connectivity index (χ2n) is 6.52. The number of nitrogens with one attached hydrogen (secondary N) is 2. The van der Waals surface area contributed by atoms with Gasteiger partial charge in [-0.15, -0.1) is 24.0 Å². The molecule has 2 N–H and O–H groups in total. The average molecular weight is 454 g/mol. The van der Waals surface area contributed by atoms with Crippen LogP contribution < -0.4 is 10.6 Å². The van der Waals surface area contributed by atoms with Gasteiger partial charge < -0.3 is 15.5 Å². The van der Waals surface area contributed by atoms with E-state index in [0.717, 1.165) is 36.8 Å². The number of piperidine rings is 1. The standard InChI is InChI=1S/C17H34N4S.HI/c1-3-9-21-10-7-15(8-11-21)13-19-17(18-4-2)20-14-16-6-5-12-22-16;/h15-16H,3-14H2,1-2H3,(H2,18,19,20);1H. The van der Waals surface area contributed by atoms with Gasteiger partial charge in [0.25, 0.3) is 0 Å². The van der Waals surface area contributed by atoms with Crippen molar-refractivity contribution in [2.45, 2.75) is 51.2 Å². The van der Waals surface area contributed by atoms with Crippen LogP contribution in [0.4, 0.5) is 0 Å². The van der Waals surface area contributed by atoms with E-state index in [2.05, 4.69) is 41.1 Å². The summed E-state index contributed by atoms with van der Waals surface area (Å²) in [5.41, 5.74) is 0. The summed E-state index contributed by atoms with van der Waals surface area (Å²) in [7, 11) is 0. The molecule has 0 amide bonds. The third-order valence-electron chi connectivity index (χ3n) is 4.62. The monoisotopic (exact) mass is 454 g/mol. The van der Waals surface area contributed by atoms with Gasteiger partial charge >= 0.3 is 0 Å². The Morgan fingerprint density at radius 3 is 2.57 bits per heavy atom. The molecule has 4 nitrogen and oxygen atoms in total. The fourth-order valence-corrected chi connectivity index (χ4v) is 4.49. The Balaban J connectivity index is 0.00000264. The quantitative estimate of drug-likeness (QED) is 0.352. The van der Waals surface area contributed by atoms with Crippen molar-refractivity contribution in [3.63, 3.8) is 0 Å². The number of rotatable bonds is 7. The Labute approximate surface area is 164 Å². The molecule has 0 spiro atoms. The molecule has 1 atom stereocenters. The highest BCUT2D eigenvalue weighted by Crippen LogP contribution is 2.25. The van der Waals surface area contributed by atoms with Gasteiger partial charge in [0.2, 0.25) is 0 Å². The molecular formula is C17H35IN4S. The minimum atomic E-state index is 0. The molecule has 2 fully saturated rings. The van der Waals surface area contributed by atoms with Crippen molar-refractivity contribution >= 4 is 41.7 Å². The largest absolute Gasteiger partial charge is 0.357 e. The van der Waals surface area contributed by atoms with E-state index < -0.39 is 0 Å². The third-order valence-corrected chi connectivity index (χ3v) is 6.02. The number of likely N-dealkylation sites (tertiary alicyclic amines) is 1. The lowest BCUT2D eigenvalue weighted by Gasteiger charge is -2.31. The van der Waals surface area contributed by atoms with Crippen molar-refractivity contribution in [2.75, 3.05) is 45.0 Å². The molecule has 2 saturated heterocycles. The summed E-state index contributed by atoms with van der Waals surface area (Å²) in [6.07, 6.45) is 6.62. The number of halogens is 1. The van der Waals surface area contributed by atoms with Gasteiger partial charge in [-0.2, -0.15) is 11.8 Å². The lowest BCUT2D eigenvalue weighted by Crippen LogP contribution is -2.41. The predicted octanol–water partition coefficient (Wildman–Crippen LogP) is 3.18. The van der Waals surface area contributed by atoms with Crippen molar-refractivity contribution in [3.8, 4) is 0 Å². The Morgan fingerprint density at radius 2 is 1.96 bits per heavy atom. The van der Waals surface area contributed by atoms with Crippen molar-refractivity contribution < 1.29 is 0 Å². The van der Waals surface area contributed by atoms with E-state index in [1.54, 1.807) is 0 Å². The summed E-state index contributed by atoms with van der Waals surface area (Å²) in [6, 6.07) is 0. The molecule has 2 aliphatic rings. The van der Waals surface area contributed by atoms with Crippen molar-refractivity contribution in [2.24, 2.45) is 10.9 Å². The van der Waals surface area contributed by atoms with Crippen LogP contribution in [-0.2, 0) is 0 Å². The number of hydrogen-bond donors (Lipinski definition) is 2. The molecule has 0 aliphatic carbocycles. The predicted molar refractivity (Wildman–Crippen MR) is 114 cm³/mol. The molecule has 6 heteroatoms. The lowest BCUT2D eigenvalue weighted by molar-refractivity contribution is 0.188. The third kappa shape index (κ3) is 8.29. The number of thioether (sulfide) groups is 1. The van der Waals surface area contributed by atoms with Gasteiger partial charge in [0.05, 0.1) is 0 Å². The van der Waals surface area contributed by atoms with E-state index in [1.165, 1.54) is 57.5 Å². The second kappa shape index (κ2) is 12.6. The smallest absolute Gasteiger partial charge is 0.191 e. The van der Waals surface area contributed by atoms with Crippen LogP contribution >= 0.6 is 35.7 Å². The topological polar surface area (TPSA) is 39.7 Å². The molecule has 0 aromatic heterocycles. The first-order valence-electron chi connectivity index (χ1n) is 9.18. The fraction of sp³-hybridized carbons (Fsp3) is 0.941. The summed E-state index contributed by atoms with van der Waals surface area (Å²) in [5.74, 6) is 3.12. The summed E-state index contributed by atoms with van der Waals surface area (Å²) < 4.78 is 0. The van der Waals surface area contributed by atoms with Crippen molar-refractivity contribution in [1.82, 2.24) is 15.5 Å². The normalized spacial score (nSPS) is 23.6. The minimum Gasteiger partial charge on any atom is -0.357 e. The van der Waals surface area contributed by atoms with Crippen molar-refractivity contribution in [1.29, 1.82) is 0 Å². The highest BCUT2D eigenvalue weighted by Gasteiger charge is 2.19. The van der Waals surface area contributed by atoms with E-state index in [9.17, 15) is 0 Å². The zero-order valence-electron chi connectivity index (χ0n) is 14.9. The van der Waals surface area contributed by atoms with Crippen LogP contribution in [0.5, 0.6) is 0 Å². The van der Waals surface area contributed by atoms with Crippen LogP contribution in [0.25, 0.3) is 0 Å². The Bertz CT molecular complexity index is 327. The first kappa shape index (κ1) is 21.4. The Hall–Kier alpha value is 0.310. The molecule has 2 aliphatic heterocycles. The average Bonchev–Trinajstić information content (AvgIpc) is 3.05. The SMILES string of the molecule is CCCN1CCC(CN=C(NCC)NCC2CCCS2)CC1.I. The number of nitrogens with zero attached hydrogens (tertiary/aromatic N) is 2.